The van der Waals surface area contributed by atoms with Crippen LogP contribution in [0.25, 0.3) is 0 Å². The van der Waals surface area contributed by atoms with Gasteiger partial charge < -0.3 is 5.73 Å². The second-order valence-corrected chi connectivity index (χ2v) is 4.81. The maximum Gasteiger partial charge on any atom is 0.115 e. The molecule has 94 valence electrons. The predicted octanol–water partition coefficient (Wildman–Crippen LogP) is 2.84. The van der Waals surface area contributed by atoms with Crippen molar-refractivity contribution in [2.45, 2.75) is 32.2 Å². The van der Waals surface area contributed by atoms with E-state index in [4.69, 9.17) is 5.73 Å². The zero-order valence-electron chi connectivity index (χ0n) is 10.9. The van der Waals surface area contributed by atoms with Crippen molar-refractivity contribution in [3.05, 3.63) is 59.7 Å². The van der Waals surface area contributed by atoms with Gasteiger partial charge in [0.05, 0.1) is 0 Å². The second-order valence-electron chi connectivity index (χ2n) is 4.81. The summed E-state index contributed by atoms with van der Waals surface area (Å²) < 4.78 is 0. The van der Waals surface area contributed by atoms with Crippen molar-refractivity contribution in [3.8, 4) is 0 Å². The van der Waals surface area contributed by atoms with E-state index in [1.807, 2.05) is 24.3 Å². The number of nitrogens with two attached hydrogens (primary N) is 1. The number of nitrogens with zero attached hydrogens (tertiary/aromatic N) is 2. The average molecular weight is 241 g/mol. The quantitative estimate of drug-likeness (QED) is 0.895. The van der Waals surface area contributed by atoms with Crippen molar-refractivity contribution >= 4 is 0 Å². The summed E-state index contributed by atoms with van der Waals surface area (Å²) in [6, 6.07) is 12.2. The third kappa shape index (κ3) is 3.14. The van der Waals surface area contributed by atoms with E-state index in [0.717, 1.165) is 23.4 Å². The molecule has 2 aromatic rings. The van der Waals surface area contributed by atoms with Gasteiger partial charge in [0.15, 0.2) is 0 Å². The molecule has 0 bridgehead atoms. The zero-order valence-corrected chi connectivity index (χ0v) is 10.9. The Kier molecular flexibility index (Phi) is 4.05. The van der Waals surface area contributed by atoms with E-state index in [2.05, 4.69) is 35.9 Å². The van der Waals surface area contributed by atoms with Crippen LogP contribution in [0.1, 0.15) is 42.8 Å². The van der Waals surface area contributed by atoms with E-state index < -0.39 is 0 Å². The summed E-state index contributed by atoms with van der Waals surface area (Å²) in [5, 5.41) is 0. The molecule has 0 amide bonds. The van der Waals surface area contributed by atoms with Crippen LogP contribution < -0.4 is 5.73 Å². The molecule has 0 radical (unpaired) electrons. The molecule has 0 aliphatic carbocycles. The second kappa shape index (κ2) is 5.74. The van der Waals surface area contributed by atoms with Crippen molar-refractivity contribution in [1.82, 2.24) is 9.97 Å². The summed E-state index contributed by atoms with van der Waals surface area (Å²) in [4.78, 5) is 8.56. The fraction of sp³-hybridized carbons (Fsp3) is 0.333. The zero-order chi connectivity index (χ0) is 13.0. The van der Waals surface area contributed by atoms with E-state index in [1.165, 1.54) is 0 Å². The molecule has 1 aromatic carbocycles. The standard InChI is InChI=1S/C15H19N3/c1-11(2)15-9-13(17-10-18-15)8-14(16)12-6-4-3-5-7-12/h3-7,9-11,14H,8,16H2,1-2H3. The van der Waals surface area contributed by atoms with Crippen LogP contribution in [0.5, 0.6) is 0 Å². The first-order valence-corrected chi connectivity index (χ1v) is 6.28. The Balaban J connectivity index is 2.12. The van der Waals surface area contributed by atoms with Crippen LogP contribution in [0.4, 0.5) is 0 Å². The average Bonchev–Trinajstić information content (AvgIpc) is 2.40. The third-order valence-electron chi connectivity index (χ3n) is 2.99. The molecule has 1 aromatic heterocycles. The minimum Gasteiger partial charge on any atom is -0.324 e. The van der Waals surface area contributed by atoms with E-state index in [9.17, 15) is 0 Å². The number of rotatable bonds is 4. The maximum atomic E-state index is 6.19. The first-order chi connectivity index (χ1) is 8.66. The molecule has 1 unspecified atom stereocenters. The minimum atomic E-state index is -0.0129. The number of hydrogen-bond acceptors (Lipinski definition) is 3. The summed E-state index contributed by atoms with van der Waals surface area (Å²) in [5.41, 5.74) is 9.41. The predicted molar refractivity (Wildman–Crippen MR) is 73.2 cm³/mol. The Hall–Kier alpha value is -1.74. The van der Waals surface area contributed by atoms with Crippen LogP contribution in [-0.2, 0) is 6.42 Å². The lowest BCUT2D eigenvalue weighted by Crippen LogP contribution is -2.14. The van der Waals surface area contributed by atoms with Crippen LogP contribution >= 0.6 is 0 Å². The molecule has 0 fully saturated rings. The summed E-state index contributed by atoms with van der Waals surface area (Å²) in [5.74, 6) is 0.416. The van der Waals surface area contributed by atoms with Gasteiger partial charge in [-0.05, 0) is 17.5 Å². The first-order valence-electron chi connectivity index (χ1n) is 6.28. The lowest BCUT2D eigenvalue weighted by molar-refractivity contribution is 0.697. The largest absolute Gasteiger partial charge is 0.324 e. The van der Waals surface area contributed by atoms with Crippen LogP contribution in [0, 0.1) is 0 Å². The normalized spacial score (nSPS) is 12.7. The molecule has 0 saturated heterocycles. The van der Waals surface area contributed by atoms with Gasteiger partial charge in [0.25, 0.3) is 0 Å². The Morgan fingerprint density at radius 2 is 1.83 bits per heavy atom. The number of aromatic nitrogens is 2. The molecule has 0 spiro atoms. The lowest BCUT2D eigenvalue weighted by atomic mass is 10.0. The molecule has 2 rings (SSSR count). The van der Waals surface area contributed by atoms with Crippen molar-refractivity contribution in [2.24, 2.45) is 5.73 Å². The van der Waals surface area contributed by atoms with E-state index in [1.54, 1.807) is 6.33 Å². The molecule has 1 heterocycles. The smallest absolute Gasteiger partial charge is 0.115 e. The molecular weight excluding hydrogens is 222 g/mol. The van der Waals surface area contributed by atoms with E-state index in [-0.39, 0.29) is 6.04 Å². The van der Waals surface area contributed by atoms with Gasteiger partial charge in [0, 0.05) is 23.9 Å². The SMILES string of the molecule is CC(C)c1cc(CC(N)c2ccccc2)ncn1. The lowest BCUT2D eigenvalue weighted by Gasteiger charge is -2.12. The Morgan fingerprint density at radius 3 is 2.50 bits per heavy atom. The summed E-state index contributed by atoms with van der Waals surface area (Å²) >= 11 is 0. The molecule has 0 aliphatic rings. The van der Waals surface area contributed by atoms with Gasteiger partial charge in [-0.1, -0.05) is 44.2 Å². The number of benzene rings is 1. The highest BCUT2D eigenvalue weighted by molar-refractivity contribution is 5.21. The van der Waals surface area contributed by atoms with Crippen molar-refractivity contribution in [3.63, 3.8) is 0 Å². The van der Waals surface area contributed by atoms with Crippen LogP contribution in [0.3, 0.4) is 0 Å². The van der Waals surface area contributed by atoms with Gasteiger partial charge in [-0.2, -0.15) is 0 Å². The van der Waals surface area contributed by atoms with Gasteiger partial charge in [-0.15, -0.1) is 0 Å². The first kappa shape index (κ1) is 12.7. The molecular formula is C15H19N3. The summed E-state index contributed by atoms with van der Waals surface area (Å²) in [6.45, 7) is 4.26. The topological polar surface area (TPSA) is 51.8 Å². The fourth-order valence-electron chi connectivity index (χ4n) is 1.89. The Bertz CT molecular complexity index is 494. The fourth-order valence-corrected chi connectivity index (χ4v) is 1.89. The Morgan fingerprint density at radius 1 is 1.11 bits per heavy atom. The highest BCUT2D eigenvalue weighted by Crippen LogP contribution is 2.17. The maximum absolute atomic E-state index is 6.19. The van der Waals surface area contributed by atoms with E-state index in [0.29, 0.717) is 5.92 Å². The van der Waals surface area contributed by atoms with Gasteiger partial charge in [0.1, 0.15) is 6.33 Å². The monoisotopic (exact) mass is 241 g/mol. The summed E-state index contributed by atoms with van der Waals surface area (Å²) in [7, 11) is 0. The molecule has 3 nitrogen and oxygen atoms in total. The van der Waals surface area contributed by atoms with Crippen molar-refractivity contribution < 1.29 is 0 Å². The molecule has 3 heteroatoms. The summed E-state index contributed by atoms with van der Waals surface area (Å²) in [6.07, 6.45) is 2.37. The van der Waals surface area contributed by atoms with Gasteiger partial charge >= 0.3 is 0 Å². The van der Waals surface area contributed by atoms with Gasteiger partial charge in [0.2, 0.25) is 0 Å². The van der Waals surface area contributed by atoms with Crippen LogP contribution in [-0.4, -0.2) is 9.97 Å². The minimum absolute atomic E-state index is 0.0129. The Labute approximate surface area is 108 Å². The van der Waals surface area contributed by atoms with Gasteiger partial charge in [-0.25, -0.2) is 9.97 Å². The molecule has 0 aliphatic heterocycles. The number of hydrogen-bond donors (Lipinski definition) is 1. The van der Waals surface area contributed by atoms with E-state index >= 15 is 0 Å². The molecule has 0 saturated carbocycles. The van der Waals surface area contributed by atoms with Crippen LogP contribution in [0.15, 0.2) is 42.7 Å². The highest BCUT2D eigenvalue weighted by atomic mass is 14.8. The van der Waals surface area contributed by atoms with Crippen LogP contribution in [0.2, 0.25) is 0 Å². The van der Waals surface area contributed by atoms with Gasteiger partial charge in [-0.3, -0.25) is 0 Å². The van der Waals surface area contributed by atoms with Crippen molar-refractivity contribution in [2.75, 3.05) is 0 Å². The molecule has 1 atom stereocenters. The van der Waals surface area contributed by atoms with Crippen molar-refractivity contribution in [1.29, 1.82) is 0 Å². The highest BCUT2D eigenvalue weighted by Gasteiger charge is 2.09. The molecule has 2 N–H and O–H groups in total. The third-order valence-corrected chi connectivity index (χ3v) is 2.99. The molecule has 18 heavy (non-hydrogen) atoms.